The summed E-state index contributed by atoms with van der Waals surface area (Å²) in [6, 6.07) is 33.3. The van der Waals surface area contributed by atoms with Gasteiger partial charge in [-0.15, -0.1) is 0 Å². The fourth-order valence-corrected chi connectivity index (χ4v) is 14.6. The van der Waals surface area contributed by atoms with Gasteiger partial charge in [0.25, 0.3) is 0 Å². The maximum Gasteiger partial charge on any atom is 0.0779 e. The summed E-state index contributed by atoms with van der Waals surface area (Å²) in [5.41, 5.74) is 14.3. The largest absolute Gasteiger partial charge is 0.175 e. The van der Waals surface area contributed by atoms with Gasteiger partial charge in [0.05, 0.1) is 22.7 Å². The second kappa shape index (κ2) is 37.6. The average Bonchev–Trinajstić information content (AvgIpc) is 3.99. The van der Waals surface area contributed by atoms with Crippen molar-refractivity contribution in [1.29, 1.82) is 0 Å². The Bertz CT molecular complexity index is 2060. The molecular formula is C74H114N2S. The maximum absolute atomic E-state index is 5.25. The normalized spacial score (nSPS) is 13.6. The number of nitrogens with zero attached hydrogens (tertiary/aromatic N) is 2. The lowest BCUT2D eigenvalue weighted by Crippen LogP contribution is -2.25. The molecule has 0 aromatic heterocycles. The Balaban J connectivity index is 1.20. The molecule has 0 amide bonds. The highest BCUT2D eigenvalue weighted by Crippen LogP contribution is 2.56. The Hall–Kier alpha value is -3.30. The van der Waals surface area contributed by atoms with Gasteiger partial charge in [0.1, 0.15) is 0 Å². The highest BCUT2D eigenvalue weighted by Gasteiger charge is 2.43. The summed E-state index contributed by atoms with van der Waals surface area (Å²) in [6.45, 7) is 9.30. The van der Waals surface area contributed by atoms with E-state index in [1.165, 1.54) is 327 Å². The van der Waals surface area contributed by atoms with Crippen molar-refractivity contribution in [3.63, 3.8) is 0 Å². The van der Waals surface area contributed by atoms with Gasteiger partial charge in [-0.1, -0.05) is 345 Å². The third-order valence-corrected chi connectivity index (χ3v) is 19.2. The van der Waals surface area contributed by atoms with Gasteiger partial charge in [0, 0.05) is 10.8 Å². The number of hydrogen-bond acceptors (Lipinski definition) is 2. The van der Waals surface area contributed by atoms with Crippen LogP contribution in [-0.2, 0) is 22.2 Å². The first-order valence-electron chi connectivity index (χ1n) is 33.7. The van der Waals surface area contributed by atoms with Crippen LogP contribution in [0.15, 0.2) is 93.7 Å². The van der Waals surface area contributed by atoms with Crippen molar-refractivity contribution in [2.45, 2.75) is 321 Å². The zero-order valence-electron chi connectivity index (χ0n) is 50.5. The summed E-state index contributed by atoms with van der Waals surface area (Å²) in [5.74, 6) is 0. The van der Waals surface area contributed by atoms with E-state index in [1.807, 2.05) is 0 Å². The summed E-state index contributed by atoms with van der Waals surface area (Å²) in [5, 5.41) is 0. The molecule has 0 bridgehead atoms. The van der Waals surface area contributed by atoms with Gasteiger partial charge < -0.3 is 0 Å². The second-order valence-corrected chi connectivity index (χ2v) is 25.2. The Morgan fingerprint density at radius 1 is 0.260 bits per heavy atom. The van der Waals surface area contributed by atoms with Crippen LogP contribution in [-0.4, -0.2) is 0 Å². The van der Waals surface area contributed by atoms with Gasteiger partial charge in [0.15, 0.2) is 0 Å². The Kier molecular flexibility index (Phi) is 30.7. The van der Waals surface area contributed by atoms with Gasteiger partial charge in [-0.3, -0.25) is 0 Å². The van der Waals surface area contributed by atoms with Crippen molar-refractivity contribution < 1.29 is 0 Å². The highest BCUT2D eigenvalue weighted by molar-refractivity contribution is 7.57. The predicted octanol–water partition coefficient (Wildman–Crippen LogP) is 25.9. The number of benzene rings is 4. The molecule has 3 heteroatoms. The molecule has 0 fully saturated rings. The van der Waals surface area contributed by atoms with Gasteiger partial charge >= 0.3 is 0 Å². The lowest BCUT2D eigenvalue weighted by molar-refractivity contribution is 0.397. The molecule has 2 aliphatic rings. The van der Waals surface area contributed by atoms with E-state index in [0.29, 0.717) is 0 Å². The van der Waals surface area contributed by atoms with Crippen LogP contribution in [0.1, 0.15) is 332 Å². The zero-order valence-corrected chi connectivity index (χ0v) is 51.3. The first kappa shape index (κ1) is 62.9. The van der Waals surface area contributed by atoms with E-state index in [-0.39, 0.29) is 10.8 Å². The van der Waals surface area contributed by atoms with Gasteiger partial charge in [-0.05, 0) is 94.5 Å². The molecule has 0 unspecified atom stereocenters. The first-order valence-corrected chi connectivity index (χ1v) is 34.4. The molecule has 0 N–H and O–H groups in total. The fourth-order valence-electron chi connectivity index (χ4n) is 14.1. The van der Waals surface area contributed by atoms with Crippen LogP contribution >= 0.6 is 0 Å². The summed E-state index contributed by atoms with van der Waals surface area (Å²) >= 11 is 1.41. The fraction of sp³-hybridized carbons (Fsp3) is 0.676. The number of unbranched alkanes of at least 4 members (excludes halogenated alkanes) is 36. The predicted molar refractivity (Wildman–Crippen MR) is 343 cm³/mol. The molecule has 426 valence electrons. The maximum atomic E-state index is 5.25. The molecule has 4 aromatic rings. The second-order valence-electron chi connectivity index (χ2n) is 24.7. The van der Waals surface area contributed by atoms with Crippen LogP contribution in [0, 0.1) is 0 Å². The minimum atomic E-state index is 0.0559. The third-order valence-electron chi connectivity index (χ3n) is 18.6. The van der Waals surface area contributed by atoms with Gasteiger partial charge in [-0.25, -0.2) is 0 Å². The lowest BCUT2D eigenvalue weighted by atomic mass is 9.70. The van der Waals surface area contributed by atoms with E-state index >= 15 is 0 Å². The Labute approximate surface area is 479 Å². The molecule has 4 aromatic carbocycles. The van der Waals surface area contributed by atoms with Crippen LogP contribution in [0.4, 0.5) is 11.4 Å². The van der Waals surface area contributed by atoms with Crippen LogP contribution in [0.25, 0.3) is 22.3 Å². The molecule has 2 aliphatic carbocycles. The lowest BCUT2D eigenvalue weighted by Gasteiger charge is -2.33. The van der Waals surface area contributed by atoms with Gasteiger partial charge in [0.2, 0.25) is 0 Å². The molecule has 0 spiro atoms. The topological polar surface area (TPSA) is 24.7 Å². The number of fused-ring (bicyclic) bond motifs is 6. The quantitative estimate of drug-likeness (QED) is 0.0394. The standard InChI is InChI=1S/C74H114N2S/c1-5-9-13-17-21-25-29-33-37-45-57-73(58-46-38-34-30-26-22-18-14-10-6-2)69-51-43-41-49-65(69)67-55-53-63(61-71(67)73)75-77-76-64-54-56-68-66-50-42-44-52-70(66)74(72(68)62-64,59-47-39-35-31-27-23-19-15-11-7-3)60-48-40-36-32-28-24-20-16-12-8-4/h41-44,49-56,61-62H,5-40,45-48,57-60H2,1-4H3. The smallest absolute Gasteiger partial charge is 0.0779 e. The summed E-state index contributed by atoms with van der Waals surface area (Å²) < 4.78 is 10.5. The van der Waals surface area contributed by atoms with E-state index in [0.717, 1.165) is 11.4 Å². The minimum Gasteiger partial charge on any atom is -0.175 e. The molecule has 2 nitrogen and oxygen atoms in total. The molecule has 0 saturated heterocycles. The van der Waals surface area contributed by atoms with Crippen LogP contribution in [0.3, 0.4) is 0 Å². The van der Waals surface area contributed by atoms with E-state index in [4.69, 9.17) is 8.73 Å². The molecule has 0 saturated carbocycles. The van der Waals surface area contributed by atoms with Crippen molar-refractivity contribution in [3.8, 4) is 22.3 Å². The Morgan fingerprint density at radius 3 is 0.766 bits per heavy atom. The SMILES string of the molecule is CCCCCCCCCCCCC1(CCCCCCCCCCCC)c2ccccc2-c2ccc(N=S=Nc3ccc4c(c3)C(CCCCCCCCCCCC)(CCCCCCCCCCCC)c3ccccc3-4)cc21. The van der Waals surface area contributed by atoms with Crippen LogP contribution < -0.4 is 0 Å². The third kappa shape index (κ3) is 20.0. The van der Waals surface area contributed by atoms with Crippen molar-refractivity contribution in [3.05, 3.63) is 107 Å². The van der Waals surface area contributed by atoms with Crippen molar-refractivity contribution in [1.82, 2.24) is 0 Å². The molecule has 0 aliphatic heterocycles. The van der Waals surface area contributed by atoms with Crippen molar-refractivity contribution >= 4 is 22.7 Å². The highest BCUT2D eigenvalue weighted by atomic mass is 32.1. The molecular weight excluding hydrogens is 949 g/mol. The molecule has 0 heterocycles. The zero-order chi connectivity index (χ0) is 53.9. The summed E-state index contributed by atoms with van der Waals surface area (Å²) in [4.78, 5) is 0. The van der Waals surface area contributed by atoms with Crippen LogP contribution in [0.2, 0.25) is 0 Å². The molecule has 6 rings (SSSR count). The van der Waals surface area contributed by atoms with E-state index in [9.17, 15) is 0 Å². The van der Waals surface area contributed by atoms with Crippen molar-refractivity contribution in [2.75, 3.05) is 0 Å². The Morgan fingerprint density at radius 2 is 0.494 bits per heavy atom. The molecule has 0 atom stereocenters. The monoisotopic (exact) mass is 1060 g/mol. The number of rotatable bonds is 46. The van der Waals surface area contributed by atoms with Gasteiger partial charge in [-0.2, -0.15) is 8.73 Å². The molecule has 0 radical (unpaired) electrons. The van der Waals surface area contributed by atoms with Crippen LogP contribution in [0.5, 0.6) is 0 Å². The average molecular weight is 1060 g/mol. The minimum absolute atomic E-state index is 0.0559. The first-order chi connectivity index (χ1) is 38.1. The van der Waals surface area contributed by atoms with E-state index in [1.54, 1.807) is 11.1 Å². The molecule has 77 heavy (non-hydrogen) atoms. The summed E-state index contributed by atoms with van der Waals surface area (Å²) in [7, 11) is 0. The van der Waals surface area contributed by atoms with E-state index < -0.39 is 0 Å². The number of hydrogen-bond donors (Lipinski definition) is 0. The van der Waals surface area contributed by atoms with E-state index in [2.05, 4.69) is 113 Å². The summed E-state index contributed by atoms with van der Waals surface area (Å²) in [6.07, 6.45) is 60.2. The van der Waals surface area contributed by atoms with Crippen molar-refractivity contribution in [2.24, 2.45) is 8.73 Å².